The normalized spacial score (nSPS) is 16.3. The molecule has 3 nitrogen and oxygen atoms in total. The van der Waals surface area contributed by atoms with Crippen LogP contribution in [-0.4, -0.2) is 25.8 Å². The van der Waals surface area contributed by atoms with Gasteiger partial charge in [-0.25, -0.2) is 8.78 Å². The summed E-state index contributed by atoms with van der Waals surface area (Å²) in [5.41, 5.74) is 2.24. The number of hydrogen-bond donors (Lipinski definition) is 1. The zero-order valence-corrected chi connectivity index (χ0v) is 22.0. The van der Waals surface area contributed by atoms with Gasteiger partial charge in [-0.2, -0.15) is 0 Å². The first kappa shape index (κ1) is 28.1. The zero-order chi connectivity index (χ0) is 25.3. The van der Waals surface area contributed by atoms with E-state index in [-0.39, 0.29) is 23.2 Å². The van der Waals surface area contributed by atoms with Crippen molar-refractivity contribution in [2.75, 3.05) is 19.7 Å². The Kier molecular flexibility index (Phi) is 10.8. The van der Waals surface area contributed by atoms with Gasteiger partial charge in [-0.1, -0.05) is 53.7 Å². The van der Waals surface area contributed by atoms with Crippen molar-refractivity contribution in [3.63, 3.8) is 0 Å². The second-order valence-electron chi connectivity index (χ2n) is 10.0. The number of hydrogen-bond acceptors (Lipinski definition) is 3. The third kappa shape index (κ3) is 8.57. The summed E-state index contributed by atoms with van der Waals surface area (Å²) in [6.45, 7) is 17.0. The van der Waals surface area contributed by atoms with E-state index in [4.69, 9.17) is 9.47 Å². The van der Waals surface area contributed by atoms with E-state index in [2.05, 4.69) is 26.1 Å². The number of benzene rings is 2. The van der Waals surface area contributed by atoms with Crippen LogP contribution in [0.3, 0.4) is 0 Å². The molecule has 5 heteroatoms. The largest absolute Gasteiger partial charge is 0.490 e. The van der Waals surface area contributed by atoms with E-state index in [1.807, 2.05) is 39.8 Å². The van der Waals surface area contributed by atoms with Crippen LogP contribution >= 0.6 is 0 Å². The summed E-state index contributed by atoms with van der Waals surface area (Å²) in [5, 5.41) is 3.16. The van der Waals surface area contributed by atoms with Gasteiger partial charge in [-0.3, -0.25) is 0 Å². The molecule has 2 aliphatic rings. The molecule has 2 aromatic rings. The summed E-state index contributed by atoms with van der Waals surface area (Å²) in [4.78, 5) is 0. The average molecular weight is 476 g/mol. The monoisotopic (exact) mass is 475 g/mol. The number of rotatable bonds is 7. The highest BCUT2D eigenvalue weighted by atomic mass is 19.1. The summed E-state index contributed by atoms with van der Waals surface area (Å²) in [5.74, 6) is 1.42. The van der Waals surface area contributed by atoms with E-state index in [0.29, 0.717) is 29.9 Å². The molecule has 2 fully saturated rings. The quantitative estimate of drug-likeness (QED) is 0.455. The number of aryl methyl sites for hydroxylation is 1. The number of halogens is 2. The molecule has 0 amide bonds. The zero-order valence-electron chi connectivity index (χ0n) is 22.0. The van der Waals surface area contributed by atoms with E-state index in [9.17, 15) is 8.78 Å². The lowest BCUT2D eigenvalue weighted by Crippen LogP contribution is -2.45. The lowest BCUT2D eigenvalue weighted by Gasteiger charge is -2.26. The summed E-state index contributed by atoms with van der Waals surface area (Å²) in [6.07, 6.45) is 3.45. The molecule has 34 heavy (non-hydrogen) atoms. The molecule has 1 atom stereocenters. The van der Waals surface area contributed by atoms with Crippen LogP contribution in [0.5, 0.6) is 11.5 Å². The molecular formula is C29H43F2NO2. The highest BCUT2D eigenvalue weighted by Gasteiger charge is 2.30. The van der Waals surface area contributed by atoms with Crippen molar-refractivity contribution in [3.05, 3.63) is 59.2 Å². The van der Waals surface area contributed by atoms with Gasteiger partial charge in [0.2, 0.25) is 0 Å². The van der Waals surface area contributed by atoms with Crippen LogP contribution in [-0.2, 0) is 11.8 Å². The van der Waals surface area contributed by atoms with Crippen LogP contribution < -0.4 is 14.8 Å². The molecular weight excluding hydrogens is 432 g/mol. The Hall–Kier alpha value is -2.14. The highest BCUT2D eigenvalue weighted by Crippen LogP contribution is 2.36. The minimum Gasteiger partial charge on any atom is -0.490 e. The first-order valence-corrected chi connectivity index (χ1v) is 12.8. The Labute approximate surface area is 205 Å². The third-order valence-corrected chi connectivity index (χ3v) is 6.14. The van der Waals surface area contributed by atoms with Gasteiger partial charge in [0.1, 0.15) is 0 Å². The maximum atomic E-state index is 13.7. The van der Waals surface area contributed by atoms with Gasteiger partial charge in [0.05, 0.1) is 12.7 Å². The predicted molar refractivity (Wildman–Crippen MR) is 137 cm³/mol. The lowest BCUT2D eigenvalue weighted by molar-refractivity contribution is 0.189. The molecule has 1 saturated carbocycles. The van der Waals surface area contributed by atoms with Gasteiger partial charge in [-0.05, 0) is 72.9 Å². The number of nitrogens with one attached hydrogen (secondary N) is 1. The van der Waals surface area contributed by atoms with Crippen molar-refractivity contribution in [3.8, 4) is 11.5 Å². The molecule has 2 aromatic carbocycles. The predicted octanol–water partition coefficient (Wildman–Crippen LogP) is 7.31. The molecule has 4 rings (SSSR count). The fourth-order valence-electron chi connectivity index (χ4n) is 3.47. The van der Waals surface area contributed by atoms with Crippen LogP contribution in [0.1, 0.15) is 72.4 Å². The molecule has 1 aliphatic heterocycles. The minimum absolute atomic E-state index is 0.0224. The summed E-state index contributed by atoms with van der Waals surface area (Å²) >= 11 is 0. The smallest absolute Gasteiger partial charge is 0.165 e. The van der Waals surface area contributed by atoms with Crippen LogP contribution in [0, 0.1) is 23.5 Å². The van der Waals surface area contributed by atoms with Crippen LogP contribution in [0.2, 0.25) is 0 Å². The van der Waals surface area contributed by atoms with Gasteiger partial charge < -0.3 is 14.8 Å². The second-order valence-corrected chi connectivity index (χ2v) is 10.0. The van der Waals surface area contributed by atoms with Gasteiger partial charge >= 0.3 is 0 Å². The molecule has 1 N–H and O–H groups in total. The Morgan fingerprint density at radius 2 is 1.59 bits per heavy atom. The van der Waals surface area contributed by atoms with Crippen molar-refractivity contribution < 1.29 is 18.3 Å². The van der Waals surface area contributed by atoms with Crippen molar-refractivity contribution in [2.45, 2.75) is 79.2 Å². The average Bonchev–Trinajstić information content (AvgIpc) is 3.62. The van der Waals surface area contributed by atoms with E-state index < -0.39 is 0 Å². The van der Waals surface area contributed by atoms with Gasteiger partial charge in [0.25, 0.3) is 0 Å². The van der Waals surface area contributed by atoms with E-state index in [0.717, 1.165) is 30.6 Å². The molecule has 0 radical (unpaired) electrons. The SMILES string of the molecule is CC.CCc1ccc(F)c(OCC2CNC2)c1.C[C@@H](Oc1cc(C(C)(C)C)ccc1F)C1CC1. The summed E-state index contributed by atoms with van der Waals surface area (Å²) in [6, 6.07) is 10.3. The molecule has 190 valence electrons. The maximum Gasteiger partial charge on any atom is 0.165 e. The topological polar surface area (TPSA) is 30.5 Å². The van der Waals surface area contributed by atoms with Gasteiger partial charge in [-0.15, -0.1) is 0 Å². The molecule has 1 heterocycles. The highest BCUT2D eigenvalue weighted by molar-refractivity contribution is 5.34. The lowest BCUT2D eigenvalue weighted by atomic mass is 9.87. The molecule has 0 bridgehead atoms. The number of ether oxygens (including phenoxy) is 2. The Bertz CT molecular complexity index is 886. The summed E-state index contributed by atoms with van der Waals surface area (Å²) < 4.78 is 38.2. The second kappa shape index (κ2) is 13.1. The molecule has 1 saturated heterocycles. The van der Waals surface area contributed by atoms with Crippen LogP contribution in [0.4, 0.5) is 8.78 Å². The van der Waals surface area contributed by atoms with E-state index in [1.165, 1.54) is 25.0 Å². The minimum atomic E-state index is -0.264. The fraction of sp³-hybridized carbons (Fsp3) is 0.586. The fourth-order valence-corrected chi connectivity index (χ4v) is 3.47. The van der Waals surface area contributed by atoms with Crippen LogP contribution in [0.15, 0.2) is 36.4 Å². The summed E-state index contributed by atoms with van der Waals surface area (Å²) in [7, 11) is 0. The first-order valence-electron chi connectivity index (χ1n) is 12.8. The Morgan fingerprint density at radius 1 is 0.971 bits per heavy atom. The van der Waals surface area contributed by atoms with E-state index in [1.54, 1.807) is 12.1 Å². The molecule has 0 aromatic heterocycles. The first-order chi connectivity index (χ1) is 16.2. The van der Waals surface area contributed by atoms with Gasteiger partial charge in [0.15, 0.2) is 23.1 Å². The van der Waals surface area contributed by atoms with Crippen molar-refractivity contribution >= 4 is 0 Å². The Morgan fingerprint density at radius 3 is 2.12 bits per heavy atom. The van der Waals surface area contributed by atoms with Crippen LogP contribution in [0.25, 0.3) is 0 Å². The maximum absolute atomic E-state index is 13.7. The Balaban J connectivity index is 0.000000225. The molecule has 0 unspecified atom stereocenters. The van der Waals surface area contributed by atoms with Crippen molar-refractivity contribution in [1.29, 1.82) is 0 Å². The third-order valence-electron chi connectivity index (χ3n) is 6.14. The van der Waals surface area contributed by atoms with Crippen molar-refractivity contribution in [2.24, 2.45) is 11.8 Å². The molecule has 1 aliphatic carbocycles. The standard InChI is InChI=1S/C15H21FO.C12H16FNO.C2H6/c1-10(11-5-6-11)17-14-9-12(15(2,3)4)7-8-13(14)16;1-2-9-3-4-11(13)12(5-9)15-8-10-6-14-7-10;1-2/h7-11H,5-6H2,1-4H3;3-5,10,14H,2,6-8H2,1H3;1-2H3/t10-;;/m1../s1. The molecule has 0 spiro atoms. The van der Waals surface area contributed by atoms with Crippen molar-refractivity contribution in [1.82, 2.24) is 5.32 Å². The van der Waals surface area contributed by atoms with E-state index >= 15 is 0 Å². The van der Waals surface area contributed by atoms with Gasteiger partial charge in [0, 0.05) is 19.0 Å².